The molecule has 0 aliphatic carbocycles. The summed E-state index contributed by atoms with van der Waals surface area (Å²) in [5.74, 6) is -0.586. The van der Waals surface area contributed by atoms with Gasteiger partial charge in [-0.05, 0) is 60.2 Å². The number of carbonyl (C=O) groups excluding carboxylic acids is 2. The van der Waals surface area contributed by atoms with E-state index in [1.807, 2.05) is 76.2 Å². The summed E-state index contributed by atoms with van der Waals surface area (Å²) in [6.45, 7) is 6.74. The summed E-state index contributed by atoms with van der Waals surface area (Å²) in [5.41, 5.74) is 4.07. The van der Waals surface area contributed by atoms with Gasteiger partial charge in [-0.15, -0.1) is 0 Å². The molecule has 1 heterocycles. The van der Waals surface area contributed by atoms with Crippen molar-refractivity contribution in [2.45, 2.75) is 39.2 Å². The molecule has 0 radical (unpaired) electrons. The van der Waals surface area contributed by atoms with Crippen LogP contribution in [0.1, 0.15) is 54.5 Å². The van der Waals surface area contributed by atoms with Crippen molar-refractivity contribution in [3.05, 3.63) is 64.2 Å². The molecule has 2 aromatic rings. The number of benzene rings is 2. The van der Waals surface area contributed by atoms with E-state index < -0.39 is 17.7 Å². The fraction of sp³-hybridized carbons (Fsp3) is 0.429. The Hall–Kier alpha value is -3.32. The Kier molecular flexibility index (Phi) is 8.22. The van der Waals surface area contributed by atoms with Gasteiger partial charge in [0.25, 0.3) is 11.7 Å². The van der Waals surface area contributed by atoms with Crippen molar-refractivity contribution >= 4 is 23.1 Å². The van der Waals surface area contributed by atoms with Crippen LogP contribution in [0.15, 0.2) is 42.0 Å². The van der Waals surface area contributed by atoms with Gasteiger partial charge in [-0.1, -0.05) is 26.0 Å². The standard InChI is InChI=1S/C28H36N2O5/c1-17(2)21-16-22(18(3)15-23(21)35-7)26(31)24-25(19-9-11-20(12-10-19)29(4)5)30(13-8-14-34-6)28(33)27(24)32/h9-12,15-17,25,31H,8,13-14H2,1-7H3/b26-24+. The minimum Gasteiger partial charge on any atom is -0.507 e. The van der Waals surface area contributed by atoms with Crippen LogP contribution in [0.5, 0.6) is 5.75 Å². The Labute approximate surface area is 207 Å². The number of aryl methyl sites for hydroxylation is 1. The minimum absolute atomic E-state index is 0.105. The average Bonchev–Trinajstić information content (AvgIpc) is 3.08. The summed E-state index contributed by atoms with van der Waals surface area (Å²) in [5, 5.41) is 11.5. The number of ketones is 1. The van der Waals surface area contributed by atoms with Crippen LogP contribution in [0, 0.1) is 6.92 Å². The molecule has 7 heteroatoms. The second-order valence-electron chi connectivity index (χ2n) is 9.39. The number of hydrogen-bond acceptors (Lipinski definition) is 6. The van der Waals surface area contributed by atoms with Crippen LogP contribution < -0.4 is 9.64 Å². The van der Waals surface area contributed by atoms with Gasteiger partial charge in [0, 0.05) is 45.6 Å². The third-order valence-corrected chi connectivity index (χ3v) is 6.47. The maximum absolute atomic E-state index is 13.3. The van der Waals surface area contributed by atoms with Crippen LogP contribution in [0.25, 0.3) is 5.76 Å². The molecule has 188 valence electrons. The third-order valence-electron chi connectivity index (χ3n) is 6.47. The molecule has 0 spiro atoms. The molecule has 1 N–H and O–H groups in total. The topological polar surface area (TPSA) is 79.3 Å². The second-order valence-corrected chi connectivity index (χ2v) is 9.39. The Bertz CT molecular complexity index is 1120. The number of methoxy groups -OCH3 is 2. The van der Waals surface area contributed by atoms with Gasteiger partial charge in [0.05, 0.1) is 18.7 Å². The molecule has 1 saturated heterocycles. The smallest absolute Gasteiger partial charge is 0.295 e. The lowest BCUT2D eigenvalue weighted by atomic mass is 9.91. The number of amides is 1. The van der Waals surface area contributed by atoms with Gasteiger partial charge in [-0.25, -0.2) is 0 Å². The van der Waals surface area contributed by atoms with Crippen molar-refractivity contribution < 1.29 is 24.2 Å². The van der Waals surface area contributed by atoms with Crippen molar-refractivity contribution in [3.63, 3.8) is 0 Å². The number of aliphatic hydroxyl groups excluding tert-OH is 1. The molecule has 0 saturated carbocycles. The summed E-state index contributed by atoms with van der Waals surface area (Å²) in [4.78, 5) is 30.0. The zero-order valence-corrected chi connectivity index (χ0v) is 21.7. The van der Waals surface area contributed by atoms with Crippen LogP contribution in [0.3, 0.4) is 0 Å². The largest absolute Gasteiger partial charge is 0.507 e. The first kappa shape index (κ1) is 26.3. The summed E-state index contributed by atoms with van der Waals surface area (Å²) in [6, 6.07) is 10.7. The monoisotopic (exact) mass is 480 g/mol. The Morgan fingerprint density at radius 3 is 2.31 bits per heavy atom. The summed E-state index contributed by atoms with van der Waals surface area (Å²) in [7, 11) is 7.11. The van der Waals surface area contributed by atoms with Crippen LogP contribution in [0.4, 0.5) is 5.69 Å². The van der Waals surface area contributed by atoms with Crippen LogP contribution in [-0.2, 0) is 14.3 Å². The number of ether oxygens (including phenoxy) is 2. The van der Waals surface area contributed by atoms with E-state index in [9.17, 15) is 14.7 Å². The summed E-state index contributed by atoms with van der Waals surface area (Å²) >= 11 is 0. The molecule has 1 aliphatic heterocycles. The van der Waals surface area contributed by atoms with E-state index in [2.05, 4.69) is 0 Å². The second kappa shape index (κ2) is 11.0. The Morgan fingerprint density at radius 2 is 1.77 bits per heavy atom. The lowest BCUT2D eigenvalue weighted by Gasteiger charge is -2.26. The molecular formula is C28H36N2O5. The number of aliphatic hydroxyl groups is 1. The minimum atomic E-state index is -0.688. The highest BCUT2D eigenvalue weighted by Gasteiger charge is 2.46. The quantitative estimate of drug-likeness (QED) is 0.244. The molecule has 1 amide bonds. The zero-order chi connectivity index (χ0) is 25.9. The zero-order valence-electron chi connectivity index (χ0n) is 21.7. The highest BCUT2D eigenvalue weighted by Crippen LogP contribution is 2.41. The van der Waals surface area contributed by atoms with Crippen LogP contribution in [0.2, 0.25) is 0 Å². The number of likely N-dealkylation sites (tertiary alicyclic amines) is 1. The van der Waals surface area contributed by atoms with Gasteiger partial charge in [-0.3, -0.25) is 9.59 Å². The lowest BCUT2D eigenvalue weighted by molar-refractivity contribution is -0.140. The van der Waals surface area contributed by atoms with E-state index in [0.29, 0.717) is 25.1 Å². The molecule has 1 aliphatic rings. The Balaban J connectivity index is 2.20. The van der Waals surface area contributed by atoms with E-state index >= 15 is 0 Å². The van der Waals surface area contributed by atoms with Gasteiger partial charge in [0.2, 0.25) is 0 Å². The first-order valence-electron chi connectivity index (χ1n) is 11.9. The number of nitrogens with zero attached hydrogens (tertiary/aromatic N) is 2. The van der Waals surface area contributed by atoms with Crippen LogP contribution >= 0.6 is 0 Å². The van der Waals surface area contributed by atoms with E-state index in [-0.39, 0.29) is 17.3 Å². The average molecular weight is 481 g/mol. The molecule has 1 atom stereocenters. The Morgan fingerprint density at radius 1 is 1.11 bits per heavy atom. The third kappa shape index (κ3) is 5.20. The normalized spacial score (nSPS) is 17.4. The molecule has 1 unspecified atom stereocenters. The maximum Gasteiger partial charge on any atom is 0.295 e. The number of carbonyl (C=O) groups is 2. The molecule has 0 bridgehead atoms. The van der Waals surface area contributed by atoms with Crippen molar-refractivity contribution in [2.24, 2.45) is 0 Å². The van der Waals surface area contributed by atoms with E-state index in [0.717, 1.165) is 28.1 Å². The van der Waals surface area contributed by atoms with Crippen molar-refractivity contribution in [1.82, 2.24) is 4.90 Å². The van der Waals surface area contributed by atoms with Crippen molar-refractivity contribution in [3.8, 4) is 5.75 Å². The maximum atomic E-state index is 13.3. The van der Waals surface area contributed by atoms with Gasteiger partial charge in [-0.2, -0.15) is 0 Å². The molecular weight excluding hydrogens is 444 g/mol. The predicted octanol–water partition coefficient (Wildman–Crippen LogP) is 4.65. The number of Topliss-reactive ketones (excluding diaryl/α,β-unsaturated/α-hetero) is 1. The SMILES string of the molecule is COCCCN1C(=O)C(=O)/C(=C(/O)c2cc(C(C)C)c(OC)cc2C)C1c1ccc(N(C)C)cc1. The van der Waals surface area contributed by atoms with Gasteiger partial charge in [0.1, 0.15) is 11.5 Å². The molecule has 7 nitrogen and oxygen atoms in total. The highest BCUT2D eigenvalue weighted by atomic mass is 16.5. The van der Waals surface area contributed by atoms with E-state index in [1.54, 1.807) is 19.1 Å². The molecule has 35 heavy (non-hydrogen) atoms. The fourth-order valence-corrected chi connectivity index (χ4v) is 4.52. The summed E-state index contributed by atoms with van der Waals surface area (Å²) < 4.78 is 10.7. The summed E-state index contributed by atoms with van der Waals surface area (Å²) in [6.07, 6.45) is 0.578. The van der Waals surface area contributed by atoms with E-state index in [1.165, 1.54) is 0 Å². The highest BCUT2D eigenvalue weighted by molar-refractivity contribution is 6.46. The lowest BCUT2D eigenvalue weighted by Crippen LogP contribution is -2.31. The van der Waals surface area contributed by atoms with Gasteiger partial charge >= 0.3 is 0 Å². The van der Waals surface area contributed by atoms with Crippen LogP contribution in [-0.4, -0.2) is 63.2 Å². The molecule has 3 rings (SSSR count). The van der Waals surface area contributed by atoms with Gasteiger partial charge in [0.15, 0.2) is 0 Å². The molecule has 2 aromatic carbocycles. The first-order chi connectivity index (χ1) is 16.6. The predicted molar refractivity (Wildman–Crippen MR) is 138 cm³/mol. The number of rotatable bonds is 9. The van der Waals surface area contributed by atoms with E-state index in [4.69, 9.17) is 9.47 Å². The number of anilines is 1. The first-order valence-corrected chi connectivity index (χ1v) is 11.9. The van der Waals surface area contributed by atoms with Gasteiger partial charge < -0.3 is 24.4 Å². The van der Waals surface area contributed by atoms with Crippen molar-refractivity contribution in [2.75, 3.05) is 46.4 Å². The number of hydrogen-bond donors (Lipinski definition) is 1. The molecule has 1 fully saturated rings. The van der Waals surface area contributed by atoms with Crippen molar-refractivity contribution in [1.29, 1.82) is 0 Å². The fourth-order valence-electron chi connectivity index (χ4n) is 4.52. The molecule has 0 aromatic heterocycles.